The Kier molecular flexibility index (Phi) is 5.19. The summed E-state index contributed by atoms with van der Waals surface area (Å²) < 4.78 is 26.1. The highest BCUT2D eigenvalue weighted by Gasteiger charge is 2.14. The number of nitrogens with zero attached hydrogens (tertiary/aromatic N) is 1. The molecule has 1 N–H and O–H groups in total. The third-order valence-electron chi connectivity index (χ3n) is 2.80. The van der Waals surface area contributed by atoms with Crippen molar-refractivity contribution >= 4 is 17.8 Å². The molecule has 114 valence electrons. The van der Waals surface area contributed by atoms with Crippen LogP contribution in [0.1, 0.15) is 12.5 Å². The van der Waals surface area contributed by atoms with Crippen molar-refractivity contribution in [2.45, 2.75) is 13.0 Å². The number of rotatable bonds is 5. The highest BCUT2D eigenvalue weighted by Crippen LogP contribution is 2.09. The molecule has 0 saturated carbocycles. The predicted octanol–water partition coefficient (Wildman–Crippen LogP) is 3.34. The van der Waals surface area contributed by atoms with Crippen LogP contribution in [0.15, 0.2) is 53.7 Å². The van der Waals surface area contributed by atoms with Crippen LogP contribution >= 0.6 is 0 Å². The Balaban J connectivity index is 1.89. The van der Waals surface area contributed by atoms with Gasteiger partial charge in [0.1, 0.15) is 11.6 Å². The van der Waals surface area contributed by atoms with Gasteiger partial charge in [0.05, 0.1) is 6.21 Å². The molecule has 0 aromatic heterocycles. The zero-order valence-corrected chi connectivity index (χ0v) is 11.8. The summed E-state index contributed by atoms with van der Waals surface area (Å²) in [5.74, 6) is -1.27. The minimum absolute atomic E-state index is 0.258. The largest absolute Gasteiger partial charge is 0.383 e. The summed E-state index contributed by atoms with van der Waals surface area (Å²) in [5.41, 5.74) is 0.702. The summed E-state index contributed by atoms with van der Waals surface area (Å²) >= 11 is 0. The van der Waals surface area contributed by atoms with Crippen molar-refractivity contribution in [3.05, 3.63) is 65.7 Å². The highest BCUT2D eigenvalue weighted by atomic mass is 19.1. The fourth-order valence-electron chi connectivity index (χ4n) is 1.58. The van der Waals surface area contributed by atoms with E-state index in [4.69, 9.17) is 4.84 Å². The standard InChI is InChI=1S/C16H14F2N2O2/c1-11(16(21)20-14-8-6-13(17)7-9-14)22-19-10-12-4-2-3-5-15(12)18/h2-11H,1H3,(H,20,21)/b19-10-/t11-/m0/s1. The minimum atomic E-state index is -0.881. The number of nitrogens with one attached hydrogen (secondary N) is 1. The third kappa shape index (κ3) is 4.37. The molecule has 1 atom stereocenters. The minimum Gasteiger partial charge on any atom is -0.383 e. The number of amides is 1. The van der Waals surface area contributed by atoms with Crippen LogP contribution in [0.5, 0.6) is 0 Å². The first-order valence-corrected chi connectivity index (χ1v) is 6.56. The molecule has 0 unspecified atom stereocenters. The van der Waals surface area contributed by atoms with E-state index in [1.54, 1.807) is 12.1 Å². The molecule has 0 saturated heterocycles. The Bertz CT molecular complexity index is 672. The molecule has 0 fully saturated rings. The Morgan fingerprint density at radius 2 is 1.86 bits per heavy atom. The Hall–Kier alpha value is -2.76. The first-order chi connectivity index (χ1) is 10.6. The number of carbonyl (C=O) groups is 1. The monoisotopic (exact) mass is 304 g/mol. The average Bonchev–Trinajstić information content (AvgIpc) is 2.51. The fourth-order valence-corrected chi connectivity index (χ4v) is 1.58. The first kappa shape index (κ1) is 15.6. The van der Waals surface area contributed by atoms with Crippen LogP contribution in [0.2, 0.25) is 0 Å². The molecular formula is C16H14F2N2O2. The maximum atomic E-state index is 13.3. The van der Waals surface area contributed by atoms with Gasteiger partial charge in [0, 0.05) is 11.3 Å². The zero-order chi connectivity index (χ0) is 15.9. The Morgan fingerprint density at radius 1 is 1.18 bits per heavy atom. The highest BCUT2D eigenvalue weighted by molar-refractivity contribution is 5.93. The number of hydrogen-bond donors (Lipinski definition) is 1. The number of carbonyl (C=O) groups excluding carboxylic acids is 1. The SMILES string of the molecule is C[C@H](O/N=C\c1ccccc1F)C(=O)Nc1ccc(F)cc1. The first-order valence-electron chi connectivity index (χ1n) is 6.56. The molecule has 6 heteroatoms. The van der Waals surface area contributed by atoms with Crippen molar-refractivity contribution in [1.82, 2.24) is 0 Å². The maximum Gasteiger partial charge on any atom is 0.267 e. The van der Waals surface area contributed by atoms with Crippen LogP contribution in [0.4, 0.5) is 14.5 Å². The van der Waals surface area contributed by atoms with Gasteiger partial charge < -0.3 is 10.2 Å². The molecule has 2 rings (SSSR count). The lowest BCUT2D eigenvalue weighted by atomic mass is 10.2. The molecule has 0 aliphatic rings. The molecule has 4 nitrogen and oxygen atoms in total. The summed E-state index contributed by atoms with van der Waals surface area (Å²) in [6, 6.07) is 11.4. The number of hydrogen-bond acceptors (Lipinski definition) is 3. The van der Waals surface area contributed by atoms with Gasteiger partial charge in [0.15, 0.2) is 0 Å². The quantitative estimate of drug-likeness (QED) is 0.680. The van der Waals surface area contributed by atoms with Gasteiger partial charge in [-0.05, 0) is 37.3 Å². The molecule has 0 radical (unpaired) electrons. The van der Waals surface area contributed by atoms with Crippen molar-refractivity contribution in [3.8, 4) is 0 Å². The number of benzene rings is 2. The lowest BCUT2D eigenvalue weighted by Gasteiger charge is -2.10. The van der Waals surface area contributed by atoms with E-state index in [-0.39, 0.29) is 5.56 Å². The smallest absolute Gasteiger partial charge is 0.267 e. The van der Waals surface area contributed by atoms with E-state index in [0.717, 1.165) is 0 Å². The molecule has 22 heavy (non-hydrogen) atoms. The van der Waals surface area contributed by atoms with E-state index in [1.165, 1.54) is 49.5 Å². The van der Waals surface area contributed by atoms with Crippen LogP contribution < -0.4 is 5.32 Å². The van der Waals surface area contributed by atoms with Crippen LogP contribution in [-0.4, -0.2) is 18.2 Å². The van der Waals surface area contributed by atoms with Gasteiger partial charge in [0.2, 0.25) is 6.10 Å². The Morgan fingerprint density at radius 3 is 2.55 bits per heavy atom. The summed E-state index contributed by atoms with van der Waals surface area (Å²) in [6.07, 6.45) is 0.310. The van der Waals surface area contributed by atoms with Crippen molar-refractivity contribution < 1.29 is 18.4 Å². The molecule has 2 aromatic carbocycles. The summed E-state index contributed by atoms with van der Waals surface area (Å²) in [4.78, 5) is 16.8. The van der Waals surface area contributed by atoms with Crippen molar-refractivity contribution in [2.75, 3.05) is 5.32 Å². The second-order valence-electron chi connectivity index (χ2n) is 4.50. The lowest BCUT2D eigenvalue weighted by Crippen LogP contribution is -2.26. The van der Waals surface area contributed by atoms with Gasteiger partial charge in [-0.2, -0.15) is 0 Å². The third-order valence-corrected chi connectivity index (χ3v) is 2.80. The van der Waals surface area contributed by atoms with Gasteiger partial charge in [-0.3, -0.25) is 4.79 Å². The molecule has 0 aliphatic heterocycles. The van der Waals surface area contributed by atoms with E-state index in [1.807, 2.05) is 0 Å². The van der Waals surface area contributed by atoms with Crippen LogP contribution in [0.25, 0.3) is 0 Å². The fraction of sp³-hybridized carbons (Fsp3) is 0.125. The van der Waals surface area contributed by atoms with E-state index < -0.39 is 23.6 Å². The Labute approximate surface area is 126 Å². The lowest BCUT2D eigenvalue weighted by molar-refractivity contribution is -0.126. The summed E-state index contributed by atoms with van der Waals surface area (Å²) in [7, 11) is 0. The molecule has 1 amide bonds. The van der Waals surface area contributed by atoms with Gasteiger partial charge in [0.25, 0.3) is 5.91 Å². The molecule has 0 heterocycles. The number of anilines is 1. The normalized spacial score (nSPS) is 12.1. The van der Waals surface area contributed by atoms with Crippen LogP contribution in [-0.2, 0) is 9.63 Å². The van der Waals surface area contributed by atoms with Gasteiger partial charge in [-0.15, -0.1) is 0 Å². The van der Waals surface area contributed by atoms with Gasteiger partial charge in [-0.25, -0.2) is 8.78 Å². The van der Waals surface area contributed by atoms with Crippen molar-refractivity contribution in [3.63, 3.8) is 0 Å². The van der Waals surface area contributed by atoms with Crippen LogP contribution in [0, 0.1) is 11.6 Å². The zero-order valence-electron chi connectivity index (χ0n) is 11.8. The number of oxime groups is 1. The van der Waals surface area contributed by atoms with Crippen molar-refractivity contribution in [1.29, 1.82) is 0 Å². The molecule has 0 aliphatic carbocycles. The number of halogens is 2. The second kappa shape index (κ2) is 7.31. The van der Waals surface area contributed by atoms with Gasteiger partial charge >= 0.3 is 0 Å². The molecule has 2 aromatic rings. The summed E-state index contributed by atoms with van der Waals surface area (Å²) in [6.45, 7) is 1.50. The predicted molar refractivity (Wildman–Crippen MR) is 79.6 cm³/mol. The van der Waals surface area contributed by atoms with Crippen molar-refractivity contribution in [2.24, 2.45) is 5.16 Å². The van der Waals surface area contributed by atoms with E-state index >= 15 is 0 Å². The van der Waals surface area contributed by atoms with Crippen LogP contribution in [0.3, 0.4) is 0 Å². The van der Waals surface area contributed by atoms with E-state index in [9.17, 15) is 13.6 Å². The molecule has 0 spiro atoms. The summed E-state index contributed by atoms with van der Waals surface area (Å²) in [5, 5.41) is 6.14. The topological polar surface area (TPSA) is 50.7 Å². The molecule has 0 bridgehead atoms. The van der Waals surface area contributed by atoms with Gasteiger partial charge in [-0.1, -0.05) is 23.4 Å². The average molecular weight is 304 g/mol. The second-order valence-corrected chi connectivity index (χ2v) is 4.50. The molecular weight excluding hydrogens is 290 g/mol. The maximum absolute atomic E-state index is 13.3. The van der Waals surface area contributed by atoms with E-state index in [2.05, 4.69) is 10.5 Å². The van der Waals surface area contributed by atoms with E-state index in [0.29, 0.717) is 5.69 Å².